The predicted molar refractivity (Wildman–Crippen MR) is 87.5 cm³/mol. The Morgan fingerprint density at radius 1 is 1.15 bits per heavy atom. The minimum Gasteiger partial charge on any atom is -0.306 e. The maximum atomic E-state index is 3.72. The highest BCUT2D eigenvalue weighted by atomic mass is 32.1. The van der Waals surface area contributed by atoms with Crippen LogP contribution >= 0.6 is 11.3 Å². The summed E-state index contributed by atoms with van der Waals surface area (Å²) in [5.41, 5.74) is 3.00. The monoisotopic (exact) mass is 285 g/mol. The molecule has 2 aromatic rings. The molecule has 0 saturated carbocycles. The van der Waals surface area contributed by atoms with E-state index in [1.54, 1.807) is 10.4 Å². The number of thiophene rings is 1. The van der Waals surface area contributed by atoms with E-state index < -0.39 is 0 Å². The van der Waals surface area contributed by atoms with E-state index in [9.17, 15) is 0 Å². The molecule has 0 aliphatic heterocycles. The predicted octanol–water partition coefficient (Wildman–Crippen LogP) is 4.72. The summed E-state index contributed by atoms with van der Waals surface area (Å²) >= 11 is 2.03. The zero-order chi connectivity index (χ0) is 13.8. The van der Waals surface area contributed by atoms with Gasteiger partial charge in [0.05, 0.1) is 6.04 Å². The van der Waals surface area contributed by atoms with Gasteiger partial charge in [-0.15, -0.1) is 11.3 Å². The summed E-state index contributed by atoms with van der Waals surface area (Å²) in [5.74, 6) is 0. The first-order chi connectivity index (χ1) is 9.88. The number of hydrogen-bond donors (Lipinski definition) is 1. The average molecular weight is 285 g/mol. The normalized spacial score (nSPS) is 15.8. The summed E-state index contributed by atoms with van der Waals surface area (Å²) in [5, 5.41) is 3.72. The highest BCUT2D eigenvalue weighted by Gasteiger charge is 2.19. The highest BCUT2D eigenvalue weighted by Crippen LogP contribution is 2.35. The van der Waals surface area contributed by atoms with Gasteiger partial charge >= 0.3 is 0 Å². The number of fused-ring (bicyclic) bond motifs is 1. The molecule has 1 unspecified atom stereocenters. The van der Waals surface area contributed by atoms with E-state index in [2.05, 4.69) is 48.6 Å². The molecular weight excluding hydrogens is 262 g/mol. The van der Waals surface area contributed by atoms with Gasteiger partial charge in [-0.05, 0) is 55.8 Å². The Balaban J connectivity index is 1.90. The second kappa shape index (κ2) is 6.55. The fraction of sp³-hybridized carbons (Fsp3) is 0.444. The van der Waals surface area contributed by atoms with E-state index in [0.717, 1.165) is 6.54 Å². The second-order valence-electron chi connectivity index (χ2n) is 5.60. The van der Waals surface area contributed by atoms with E-state index in [-0.39, 0.29) is 0 Å². The summed E-state index contributed by atoms with van der Waals surface area (Å²) in [6.45, 7) is 3.30. The smallest absolute Gasteiger partial charge is 0.0671 e. The van der Waals surface area contributed by atoms with E-state index >= 15 is 0 Å². The lowest BCUT2D eigenvalue weighted by Gasteiger charge is -2.17. The number of rotatable bonds is 5. The molecule has 0 saturated heterocycles. The van der Waals surface area contributed by atoms with Gasteiger partial charge in [0.15, 0.2) is 0 Å². The van der Waals surface area contributed by atoms with Crippen LogP contribution in [0, 0.1) is 0 Å². The molecule has 1 aromatic heterocycles. The first-order valence-electron chi connectivity index (χ1n) is 7.78. The SMILES string of the molecule is CCCNC(c1ccccc1)c1cc2c(s1)CCCC2. The van der Waals surface area contributed by atoms with Crippen molar-refractivity contribution in [3.05, 3.63) is 57.3 Å². The standard InChI is InChI=1S/C18H23NS/c1-2-12-19-18(14-8-4-3-5-9-14)17-13-15-10-6-7-11-16(15)20-17/h3-5,8-9,13,18-19H,2,6-7,10-12H2,1H3. The van der Waals surface area contributed by atoms with Crippen molar-refractivity contribution >= 4 is 11.3 Å². The van der Waals surface area contributed by atoms with Crippen molar-refractivity contribution in [1.82, 2.24) is 5.32 Å². The van der Waals surface area contributed by atoms with Crippen molar-refractivity contribution in [2.75, 3.05) is 6.54 Å². The van der Waals surface area contributed by atoms with E-state index in [0.29, 0.717) is 6.04 Å². The van der Waals surface area contributed by atoms with Gasteiger partial charge in [0.25, 0.3) is 0 Å². The van der Waals surface area contributed by atoms with Crippen LogP contribution in [0.4, 0.5) is 0 Å². The zero-order valence-electron chi connectivity index (χ0n) is 12.2. The molecule has 0 spiro atoms. The average Bonchev–Trinajstić information content (AvgIpc) is 2.92. The number of benzene rings is 1. The van der Waals surface area contributed by atoms with Crippen LogP contribution in [0.2, 0.25) is 0 Å². The topological polar surface area (TPSA) is 12.0 Å². The molecule has 1 heterocycles. The summed E-state index contributed by atoms with van der Waals surface area (Å²) in [6, 6.07) is 13.7. The van der Waals surface area contributed by atoms with E-state index in [4.69, 9.17) is 0 Å². The number of nitrogens with one attached hydrogen (secondary N) is 1. The van der Waals surface area contributed by atoms with Gasteiger partial charge in [-0.2, -0.15) is 0 Å². The number of aryl methyl sites for hydroxylation is 2. The van der Waals surface area contributed by atoms with Gasteiger partial charge in [-0.1, -0.05) is 37.3 Å². The molecule has 1 nitrogen and oxygen atoms in total. The minimum atomic E-state index is 0.367. The van der Waals surface area contributed by atoms with Crippen molar-refractivity contribution in [1.29, 1.82) is 0 Å². The maximum absolute atomic E-state index is 3.72. The van der Waals surface area contributed by atoms with Crippen LogP contribution in [0.3, 0.4) is 0 Å². The first-order valence-corrected chi connectivity index (χ1v) is 8.60. The molecule has 0 amide bonds. The summed E-state index contributed by atoms with van der Waals surface area (Å²) < 4.78 is 0. The van der Waals surface area contributed by atoms with Crippen molar-refractivity contribution in [3.63, 3.8) is 0 Å². The van der Waals surface area contributed by atoms with Crippen LogP contribution in [0.5, 0.6) is 0 Å². The van der Waals surface area contributed by atoms with Crippen LogP contribution in [-0.2, 0) is 12.8 Å². The van der Waals surface area contributed by atoms with Crippen molar-refractivity contribution in [3.8, 4) is 0 Å². The lowest BCUT2D eigenvalue weighted by molar-refractivity contribution is 0.605. The Labute approximate surface area is 126 Å². The van der Waals surface area contributed by atoms with E-state index in [1.165, 1.54) is 42.5 Å². The largest absolute Gasteiger partial charge is 0.306 e. The van der Waals surface area contributed by atoms with Gasteiger partial charge in [-0.25, -0.2) is 0 Å². The van der Waals surface area contributed by atoms with Gasteiger partial charge in [-0.3, -0.25) is 0 Å². The molecule has 106 valence electrons. The van der Waals surface area contributed by atoms with Gasteiger partial charge in [0, 0.05) is 9.75 Å². The maximum Gasteiger partial charge on any atom is 0.0671 e. The first kappa shape index (κ1) is 13.8. The molecule has 1 aliphatic rings. The summed E-state index contributed by atoms with van der Waals surface area (Å²) in [4.78, 5) is 3.13. The van der Waals surface area contributed by atoms with E-state index in [1.807, 2.05) is 11.3 Å². The van der Waals surface area contributed by atoms with Crippen LogP contribution in [-0.4, -0.2) is 6.54 Å². The van der Waals surface area contributed by atoms with Crippen molar-refractivity contribution in [2.45, 2.75) is 45.1 Å². The summed E-state index contributed by atoms with van der Waals surface area (Å²) in [6.07, 6.45) is 6.47. The Hall–Kier alpha value is -1.12. The summed E-state index contributed by atoms with van der Waals surface area (Å²) in [7, 11) is 0. The van der Waals surface area contributed by atoms with Gasteiger partial charge in [0.2, 0.25) is 0 Å². The van der Waals surface area contributed by atoms with Crippen molar-refractivity contribution < 1.29 is 0 Å². The molecule has 0 bridgehead atoms. The molecule has 1 aliphatic carbocycles. The number of hydrogen-bond acceptors (Lipinski definition) is 2. The zero-order valence-corrected chi connectivity index (χ0v) is 13.0. The van der Waals surface area contributed by atoms with Crippen LogP contribution < -0.4 is 5.32 Å². The molecule has 2 heteroatoms. The molecular formula is C18H23NS. The lowest BCUT2D eigenvalue weighted by atomic mass is 9.98. The highest BCUT2D eigenvalue weighted by molar-refractivity contribution is 7.12. The van der Waals surface area contributed by atoms with Crippen LogP contribution in [0.25, 0.3) is 0 Å². The second-order valence-corrected chi connectivity index (χ2v) is 6.77. The third kappa shape index (κ3) is 2.97. The van der Waals surface area contributed by atoms with Gasteiger partial charge < -0.3 is 5.32 Å². The molecule has 3 rings (SSSR count). The lowest BCUT2D eigenvalue weighted by Crippen LogP contribution is -2.22. The fourth-order valence-electron chi connectivity index (χ4n) is 2.97. The minimum absolute atomic E-state index is 0.367. The molecule has 0 radical (unpaired) electrons. The quantitative estimate of drug-likeness (QED) is 0.838. The Morgan fingerprint density at radius 3 is 2.70 bits per heavy atom. The van der Waals surface area contributed by atoms with Crippen LogP contribution in [0.15, 0.2) is 36.4 Å². The Morgan fingerprint density at radius 2 is 1.95 bits per heavy atom. The fourth-order valence-corrected chi connectivity index (χ4v) is 4.33. The molecule has 20 heavy (non-hydrogen) atoms. The molecule has 1 N–H and O–H groups in total. The molecule has 1 aromatic carbocycles. The van der Waals surface area contributed by atoms with Gasteiger partial charge in [0.1, 0.15) is 0 Å². The Kier molecular flexibility index (Phi) is 4.54. The molecule has 0 fully saturated rings. The molecule has 1 atom stereocenters. The Bertz CT molecular complexity index is 520. The third-order valence-corrected chi connectivity index (χ3v) is 5.33. The third-order valence-electron chi connectivity index (χ3n) is 4.03. The van der Waals surface area contributed by atoms with Crippen molar-refractivity contribution in [2.24, 2.45) is 0 Å². The van der Waals surface area contributed by atoms with Crippen LogP contribution in [0.1, 0.15) is 53.1 Å².